The highest BCUT2D eigenvalue weighted by Crippen LogP contribution is 2.07. The predicted molar refractivity (Wildman–Crippen MR) is 125 cm³/mol. The molecule has 0 aliphatic heterocycles. The monoisotopic (exact) mass is 434 g/mol. The van der Waals surface area contributed by atoms with Crippen LogP contribution in [0.5, 0.6) is 0 Å². The van der Waals surface area contributed by atoms with E-state index in [4.69, 9.17) is 4.42 Å². The lowest BCUT2D eigenvalue weighted by molar-refractivity contribution is 0.462. The Hall–Kier alpha value is -2.00. The lowest BCUT2D eigenvalue weighted by Crippen LogP contribution is -2.24. The Kier molecular flexibility index (Phi) is 13.7. The third kappa shape index (κ3) is 14.1. The van der Waals surface area contributed by atoms with Gasteiger partial charge in [-0.05, 0) is 25.3 Å². The average molecular weight is 435 g/mol. The van der Waals surface area contributed by atoms with E-state index in [0.717, 1.165) is 25.5 Å². The molecule has 3 aromatic rings. The van der Waals surface area contributed by atoms with Crippen molar-refractivity contribution >= 4 is 11.3 Å². The van der Waals surface area contributed by atoms with Crippen molar-refractivity contribution < 1.29 is 4.42 Å². The van der Waals surface area contributed by atoms with Crippen LogP contribution in [0.4, 0.5) is 0 Å². The lowest BCUT2D eigenvalue weighted by Gasteiger charge is -2.07. The zero-order valence-electron chi connectivity index (χ0n) is 19.1. The average Bonchev–Trinajstić information content (AvgIpc) is 3.48. The molecule has 0 fully saturated rings. The van der Waals surface area contributed by atoms with Crippen molar-refractivity contribution in [3.8, 4) is 0 Å². The summed E-state index contributed by atoms with van der Waals surface area (Å²) >= 11 is 1.80. The normalized spacial score (nSPS) is 10.7. The molecule has 8 heteroatoms. The van der Waals surface area contributed by atoms with Gasteiger partial charge in [0.1, 0.15) is 5.76 Å². The van der Waals surface area contributed by atoms with E-state index in [1.165, 1.54) is 11.3 Å². The van der Waals surface area contributed by atoms with Crippen molar-refractivity contribution in [3.63, 3.8) is 0 Å². The number of hydrogen-bond donors (Lipinski definition) is 3. The van der Waals surface area contributed by atoms with Gasteiger partial charge in [-0.2, -0.15) is 0 Å². The molecule has 0 aromatic carbocycles. The van der Waals surface area contributed by atoms with Crippen LogP contribution in [0.3, 0.4) is 0 Å². The zero-order valence-corrected chi connectivity index (χ0v) is 19.9. The maximum absolute atomic E-state index is 5.01. The Bertz CT molecular complexity index is 609. The van der Waals surface area contributed by atoms with E-state index >= 15 is 0 Å². The molecule has 0 aliphatic rings. The van der Waals surface area contributed by atoms with Gasteiger partial charge < -0.3 is 19.6 Å². The van der Waals surface area contributed by atoms with E-state index in [9.17, 15) is 0 Å². The number of nitrogens with zero attached hydrogens (tertiary/aromatic N) is 3. The van der Waals surface area contributed by atoms with Crippen molar-refractivity contribution in [1.82, 2.24) is 30.5 Å². The van der Waals surface area contributed by atoms with E-state index in [-0.39, 0.29) is 0 Å². The highest BCUT2D eigenvalue weighted by atomic mass is 32.1. The first-order valence-corrected chi connectivity index (χ1v) is 11.3. The summed E-state index contributed by atoms with van der Waals surface area (Å²) in [6.07, 6.45) is 8.68. The number of nitrogens with one attached hydrogen (secondary N) is 3. The first-order chi connectivity index (χ1) is 14.4. The minimum Gasteiger partial charge on any atom is -0.447 e. The lowest BCUT2D eigenvalue weighted by atomic mass is 10.4. The van der Waals surface area contributed by atoms with Crippen LogP contribution < -0.4 is 16.0 Å². The summed E-state index contributed by atoms with van der Waals surface area (Å²) in [5.41, 5.74) is 0. The minimum atomic E-state index is 0.491. The van der Waals surface area contributed by atoms with Crippen molar-refractivity contribution in [1.29, 1.82) is 0 Å². The quantitative estimate of drug-likeness (QED) is 0.467. The third-order valence-electron chi connectivity index (χ3n) is 3.67. The van der Waals surface area contributed by atoms with Crippen LogP contribution in [-0.2, 0) is 19.8 Å². The van der Waals surface area contributed by atoms with Gasteiger partial charge in [0.25, 0.3) is 0 Å². The smallest absolute Gasteiger partial charge is 0.180 e. The van der Waals surface area contributed by atoms with Crippen molar-refractivity contribution in [2.75, 3.05) is 0 Å². The molecule has 0 saturated heterocycles. The van der Waals surface area contributed by atoms with E-state index in [1.54, 1.807) is 30.1 Å². The van der Waals surface area contributed by atoms with Crippen LogP contribution in [0.1, 0.15) is 52.2 Å². The molecule has 3 aromatic heterocycles. The summed E-state index contributed by atoms with van der Waals surface area (Å²) in [7, 11) is 0. The molecule has 168 valence electrons. The summed E-state index contributed by atoms with van der Waals surface area (Å²) in [5.74, 6) is 0.883. The van der Waals surface area contributed by atoms with Gasteiger partial charge in [-0.25, -0.2) is 9.97 Å². The van der Waals surface area contributed by atoms with E-state index < -0.39 is 0 Å². The van der Waals surface area contributed by atoms with Crippen LogP contribution >= 0.6 is 11.3 Å². The number of imidazole rings is 1. The SMILES string of the molecule is CC(C)NCc1cccs1.CC(C)NCc1cnco1.CC(C)NCn1ccnc1. The summed E-state index contributed by atoms with van der Waals surface area (Å²) in [6.45, 7) is 15.4. The van der Waals surface area contributed by atoms with Gasteiger partial charge in [0.15, 0.2) is 6.39 Å². The van der Waals surface area contributed by atoms with Gasteiger partial charge >= 0.3 is 0 Å². The third-order valence-corrected chi connectivity index (χ3v) is 4.55. The molecule has 0 atom stereocenters. The molecule has 0 aliphatic carbocycles. The van der Waals surface area contributed by atoms with Crippen LogP contribution in [0, 0.1) is 0 Å². The number of rotatable bonds is 9. The Labute approximate surface area is 185 Å². The second-order valence-corrected chi connectivity index (χ2v) is 8.74. The van der Waals surface area contributed by atoms with Crippen LogP contribution in [0.25, 0.3) is 0 Å². The Morgan fingerprint density at radius 3 is 2.17 bits per heavy atom. The first-order valence-electron chi connectivity index (χ1n) is 10.4. The predicted octanol–water partition coefficient (Wildman–Crippen LogP) is 4.26. The van der Waals surface area contributed by atoms with Gasteiger partial charge in [-0.3, -0.25) is 5.32 Å². The number of thiophene rings is 1. The fourth-order valence-corrected chi connectivity index (χ4v) is 2.68. The van der Waals surface area contributed by atoms with Crippen molar-refractivity contribution in [2.24, 2.45) is 0 Å². The van der Waals surface area contributed by atoms with Gasteiger partial charge in [-0.15, -0.1) is 11.3 Å². The molecule has 0 radical (unpaired) electrons. The van der Waals surface area contributed by atoms with E-state index in [0.29, 0.717) is 18.1 Å². The molecule has 3 heterocycles. The Balaban J connectivity index is 0.000000225. The standard InChI is InChI=1S/C8H13NS.C7H13N3.C7H12N2O/c1-7(2)9-6-8-4-3-5-10-8;1-7(2)9-6-10-4-3-8-5-10;1-6(2)9-4-7-3-8-5-10-7/h2*3-5,7,9H,6H2,1-2H3;3,5-6,9H,4H2,1-2H3. The van der Waals surface area contributed by atoms with Crippen molar-refractivity contribution in [2.45, 2.75) is 79.4 Å². The number of aromatic nitrogens is 3. The van der Waals surface area contributed by atoms with Gasteiger partial charge in [0.2, 0.25) is 0 Å². The Morgan fingerprint density at radius 1 is 0.967 bits per heavy atom. The molecule has 0 bridgehead atoms. The molecule has 3 rings (SSSR count). The summed E-state index contributed by atoms with van der Waals surface area (Å²) < 4.78 is 7.01. The van der Waals surface area contributed by atoms with Crippen molar-refractivity contribution in [3.05, 3.63) is 59.5 Å². The molecule has 7 nitrogen and oxygen atoms in total. The summed E-state index contributed by atoms with van der Waals surface area (Å²) in [5, 5.41) is 12.0. The summed E-state index contributed by atoms with van der Waals surface area (Å²) in [6, 6.07) is 5.84. The molecule has 0 saturated carbocycles. The highest BCUT2D eigenvalue weighted by molar-refractivity contribution is 7.09. The second-order valence-electron chi connectivity index (χ2n) is 7.71. The van der Waals surface area contributed by atoms with Crippen LogP contribution in [0.15, 0.2) is 53.2 Å². The molecular weight excluding hydrogens is 396 g/mol. The molecule has 3 N–H and O–H groups in total. The minimum absolute atomic E-state index is 0.491. The maximum atomic E-state index is 5.01. The fraction of sp³-hybridized carbons (Fsp3) is 0.545. The van der Waals surface area contributed by atoms with Crippen LogP contribution in [0.2, 0.25) is 0 Å². The number of oxazole rings is 1. The van der Waals surface area contributed by atoms with Crippen LogP contribution in [-0.4, -0.2) is 32.7 Å². The molecule has 0 spiro atoms. The molecule has 0 unspecified atom stereocenters. The Morgan fingerprint density at radius 2 is 1.67 bits per heavy atom. The van der Waals surface area contributed by atoms with Gasteiger partial charge in [0.05, 0.1) is 25.7 Å². The molecule has 0 amide bonds. The van der Waals surface area contributed by atoms with Gasteiger partial charge in [0, 0.05) is 41.9 Å². The highest BCUT2D eigenvalue weighted by Gasteiger charge is 1.96. The summed E-state index contributed by atoms with van der Waals surface area (Å²) in [4.78, 5) is 9.13. The first kappa shape index (κ1) is 26.0. The van der Waals surface area contributed by atoms with E-state index in [2.05, 4.69) is 85.0 Å². The van der Waals surface area contributed by atoms with E-state index in [1.807, 2.05) is 10.8 Å². The molecular formula is C22H38N6OS. The topological polar surface area (TPSA) is 79.9 Å². The second kappa shape index (κ2) is 15.8. The van der Waals surface area contributed by atoms with Gasteiger partial charge in [-0.1, -0.05) is 33.8 Å². The zero-order chi connectivity index (χ0) is 22.2. The maximum Gasteiger partial charge on any atom is 0.180 e. The fourth-order valence-electron chi connectivity index (χ4n) is 2.02. The largest absolute Gasteiger partial charge is 0.447 e. The molecule has 30 heavy (non-hydrogen) atoms. The number of hydrogen-bond acceptors (Lipinski definition) is 7.